The van der Waals surface area contributed by atoms with E-state index in [1.807, 2.05) is 0 Å². The van der Waals surface area contributed by atoms with Crippen molar-refractivity contribution in [3.63, 3.8) is 0 Å². The molecule has 60 heavy (non-hydrogen) atoms. The zero-order valence-electron chi connectivity index (χ0n) is 33.4. The summed E-state index contributed by atoms with van der Waals surface area (Å²) in [6, 6.07) is 72.5. The van der Waals surface area contributed by atoms with Crippen LogP contribution in [-0.4, -0.2) is 14.5 Å². The van der Waals surface area contributed by atoms with Crippen molar-refractivity contribution >= 4 is 43.5 Å². The Morgan fingerprint density at radius 2 is 0.933 bits per heavy atom. The van der Waals surface area contributed by atoms with Crippen LogP contribution in [0, 0.1) is 0 Å². The average Bonchev–Trinajstić information content (AvgIpc) is 3.76. The van der Waals surface area contributed by atoms with Gasteiger partial charge in [0.15, 0.2) is 0 Å². The normalized spacial score (nSPS) is 13.0. The third-order valence-electron chi connectivity index (χ3n) is 12.9. The van der Waals surface area contributed by atoms with Gasteiger partial charge in [-0.2, -0.15) is 0 Å². The van der Waals surface area contributed by atoms with Gasteiger partial charge >= 0.3 is 0 Å². The number of fused-ring (bicyclic) bond motifs is 8. The van der Waals surface area contributed by atoms with E-state index in [9.17, 15) is 0 Å². The lowest BCUT2D eigenvalue weighted by Crippen LogP contribution is -2.14. The predicted octanol–water partition coefficient (Wildman–Crippen LogP) is 14.9. The van der Waals surface area contributed by atoms with Crippen LogP contribution in [0.5, 0.6) is 0 Å². The molecule has 2 heterocycles. The van der Waals surface area contributed by atoms with Crippen molar-refractivity contribution in [2.75, 3.05) is 0 Å². The second-order valence-corrected chi connectivity index (χ2v) is 16.6. The monoisotopic (exact) mass is 765 g/mol. The summed E-state index contributed by atoms with van der Waals surface area (Å²) in [5.74, 6) is 0.652. The minimum absolute atomic E-state index is 0.0751. The van der Waals surface area contributed by atoms with Gasteiger partial charge < -0.3 is 0 Å². The molecule has 12 rings (SSSR count). The summed E-state index contributed by atoms with van der Waals surface area (Å²) in [4.78, 5) is 10.7. The lowest BCUT2D eigenvalue weighted by atomic mass is 9.81. The minimum Gasteiger partial charge on any atom is -0.278 e. The van der Waals surface area contributed by atoms with Gasteiger partial charge in [0.25, 0.3) is 0 Å². The maximum atomic E-state index is 5.45. The Hall–Kier alpha value is -7.62. The lowest BCUT2D eigenvalue weighted by Gasteiger charge is -2.22. The van der Waals surface area contributed by atoms with Gasteiger partial charge in [0.1, 0.15) is 0 Å². The fraction of sp³-hybridized carbons (Fsp3) is 0.0526. The van der Waals surface area contributed by atoms with E-state index in [2.05, 4.69) is 219 Å². The number of hydrogen-bond donors (Lipinski definition) is 0. The molecule has 0 radical (unpaired) electrons. The highest BCUT2D eigenvalue weighted by atomic mass is 15.2. The molecule has 282 valence electrons. The van der Waals surface area contributed by atoms with Crippen LogP contribution in [0.25, 0.3) is 105 Å². The molecule has 2 aromatic heterocycles. The molecule has 9 aromatic carbocycles. The summed E-state index contributed by atoms with van der Waals surface area (Å²) in [6.07, 6.45) is 0. The zero-order chi connectivity index (χ0) is 40.0. The van der Waals surface area contributed by atoms with Gasteiger partial charge in [-0.05, 0) is 90.7 Å². The summed E-state index contributed by atoms with van der Waals surface area (Å²) < 4.78 is 2.26. The molecule has 1 aliphatic carbocycles. The molecule has 3 heteroatoms. The van der Waals surface area contributed by atoms with Crippen LogP contribution in [0.2, 0.25) is 0 Å². The molecule has 0 unspecified atom stereocenters. The Bertz CT molecular complexity index is 3510. The van der Waals surface area contributed by atoms with Crippen molar-refractivity contribution in [3.05, 3.63) is 211 Å². The molecule has 0 bridgehead atoms. The number of hydrogen-bond acceptors (Lipinski definition) is 2. The van der Waals surface area contributed by atoms with E-state index < -0.39 is 0 Å². The Labute approximate surface area is 348 Å². The molecule has 3 nitrogen and oxygen atoms in total. The summed E-state index contributed by atoms with van der Waals surface area (Å²) in [5.41, 5.74) is 17.6. The zero-order valence-corrected chi connectivity index (χ0v) is 33.4. The quantitative estimate of drug-likeness (QED) is 0.175. The van der Waals surface area contributed by atoms with Gasteiger partial charge in [0.2, 0.25) is 5.95 Å². The van der Waals surface area contributed by atoms with E-state index in [0.29, 0.717) is 5.95 Å². The molecule has 0 saturated carbocycles. The Morgan fingerprint density at radius 1 is 0.367 bits per heavy atom. The fourth-order valence-electron chi connectivity index (χ4n) is 9.88. The number of rotatable bonds is 5. The minimum atomic E-state index is -0.0751. The molecule has 0 aliphatic heterocycles. The average molecular weight is 766 g/mol. The highest BCUT2D eigenvalue weighted by molar-refractivity contribution is 6.10. The van der Waals surface area contributed by atoms with Crippen molar-refractivity contribution in [1.82, 2.24) is 14.5 Å². The van der Waals surface area contributed by atoms with Crippen LogP contribution in [0.15, 0.2) is 200 Å². The van der Waals surface area contributed by atoms with Gasteiger partial charge in [0.05, 0.1) is 22.2 Å². The third-order valence-corrected chi connectivity index (χ3v) is 12.9. The highest BCUT2D eigenvalue weighted by Gasteiger charge is 2.35. The molecule has 0 atom stereocenters. The Balaban J connectivity index is 1.01. The predicted molar refractivity (Wildman–Crippen MR) is 251 cm³/mol. The van der Waals surface area contributed by atoms with Gasteiger partial charge in [-0.1, -0.05) is 190 Å². The molecule has 0 fully saturated rings. The maximum Gasteiger partial charge on any atom is 0.235 e. The van der Waals surface area contributed by atoms with Crippen LogP contribution in [0.4, 0.5) is 0 Å². The molecular formula is C57H39N3. The molecule has 1 aliphatic rings. The smallest absolute Gasteiger partial charge is 0.235 e. The van der Waals surface area contributed by atoms with Crippen molar-refractivity contribution < 1.29 is 0 Å². The van der Waals surface area contributed by atoms with Crippen LogP contribution in [0.1, 0.15) is 25.0 Å². The van der Waals surface area contributed by atoms with E-state index in [4.69, 9.17) is 9.97 Å². The number of para-hydroxylation sites is 2. The van der Waals surface area contributed by atoms with Gasteiger partial charge in [0, 0.05) is 27.1 Å². The Morgan fingerprint density at radius 3 is 1.77 bits per heavy atom. The lowest BCUT2D eigenvalue weighted by molar-refractivity contribution is 0.660. The number of nitrogens with zero attached hydrogens (tertiary/aromatic N) is 3. The van der Waals surface area contributed by atoms with Crippen LogP contribution in [0.3, 0.4) is 0 Å². The Kier molecular flexibility index (Phi) is 7.58. The van der Waals surface area contributed by atoms with E-state index in [0.717, 1.165) is 38.8 Å². The summed E-state index contributed by atoms with van der Waals surface area (Å²) in [7, 11) is 0. The van der Waals surface area contributed by atoms with Crippen molar-refractivity contribution in [1.29, 1.82) is 0 Å². The highest BCUT2D eigenvalue weighted by Crippen LogP contribution is 2.50. The van der Waals surface area contributed by atoms with E-state index >= 15 is 0 Å². The second-order valence-electron chi connectivity index (χ2n) is 16.6. The van der Waals surface area contributed by atoms with E-state index in [1.54, 1.807) is 0 Å². The first-order chi connectivity index (χ1) is 29.5. The van der Waals surface area contributed by atoms with Gasteiger partial charge in [-0.3, -0.25) is 4.57 Å². The molecular weight excluding hydrogens is 727 g/mol. The largest absolute Gasteiger partial charge is 0.278 e. The molecule has 0 saturated heterocycles. The first kappa shape index (κ1) is 34.4. The van der Waals surface area contributed by atoms with Gasteiger partial charge in [-0.15, -0.1) is 0 Å². The first-order valence-corrected chi connectivity index (χ1v) is 20.7. The second kappa shape index (κ2) is 13.2. The maximum absolute atomic E-state index is 5.45. The van der Waals surface area contributed by atoms with Crippen molar-refractivity contribution in [2.24, 2.45) is 0 Å². The molecule has 0 N–H and O–H groups in total. The summed E-state index contributed by atoms with van der Waals surface area (Å²) >= 11 is 0. The molecule has 0 amide bonds. The fourth-order valence-corrected chi connectivity index (χ4v) is 9.88. The third kappa shape index (κ3) is 5.22. The summed E-state index contributed by atoms with van der Waals surface area (Å²) in [5, 5.41) is 5.85. The van der Waals surface area contributed by atoms with E-state index in [-0.39, 0.29) is 5.41 Å². The van der Waals surface area contributed by atoms with Crippen molar-refractivity contribution in [2.45, 2.75) is 19.3 Å². The number of benzene rings is 9. The van der Waals surface area contributed by atoms with Crippen LogP contribution in [-0.2, 0) is 5.41 Å². The first-order valence-electron chi connectivity index (χ1n) is 20.7. The standard InChI is InChI=1S/C57H39N3/c1-57(2)50-23-10-7-19-45(50)46-32-30-39(34-51(46)57)43-17-5-6-18-44(43)40-31-33-48-47-20-9-12-25-53(47)60(54(48)35-40)56-58-52-24-11-8-21-49(52)55(59-56)38-28-26-37(27-29-38)42-22-13-15-36-14-3-4-16-41(36)42/h3-35H,1-2H3. The van der Waals surface area contributed by atoms with Crippen molar-refractivity contribution in [3.8, 4) is 61.7 Å². The number of aromatic nitrogens is 3. The molecule has 11 aromatic rings. The van der Waals surface area contributed by atoms with E-state index in [1.165, 1.54) is 71.6 Å². The van der Waals surface area contributed by atoms with Gasteiger partial charge in [-0.25, -0.2) is 9.97 Å². The van der Waals surface area contributed by atoms with Crippen LogP contribution < -0.4 is 0 Å². The topological polar surface area (TPSA) is 30.7 Å². The SMILES string of the molecule is CC1(C)c2ccccc2-c2ccc(-c3ccccc3-c3ccc4c5ccccc5n(-c5nc(-c6ccc(-c7cccc8ccccc78)cc6)c6ccccc6n5)c4c3)cc21. The van der Waals surface area contributed by atoms with Crippen LogP contribution >= 0.6 is 0 Å². The molecule has 0 spiro atoms. The summed E-state index contributed by atoms with van der Waals surface area (Å²) in [6.45, 7) is 4.70.